The third kappa shape index (κ3) is 2.57. The van der Waals surface area contributed by atoms with E-state index < -0.39 is 0 Å². The number of rotatable bonds is 4. The second-order valence-corrected chi connectivity index (χ2v) is 6.54. The summed E-state index contributed by atoms with van der Waals surface area (Å²) in [5.74, 6) is 3.86. The normalized spacial score (nSPS) is 25.1. The van der Waals surface area contributed by atoms with Gasteiger partial charge in [0.2, 0.25) is 0 Å². The summed E-state index contributed by atoms with van der Waals surface area (Å²) in [5, 5.41) is 13.3. The molecule has 2 heterocycles. The average molecular weight is 266 g/mol. The number of thioether (sulfide) groups is 1. The number of aromatic nitrogens is 3. The molecule has 2 aliphatic rings. The molecule has 0 unspecified atom stereocenters. The van der Waals surface area contributed by atoms with Gasteiger partial charge in [0.25, 0.3) is 0 Å². The van der Waals surface area contributed by atoms with E-state index in [-0.39, 0.29) is 0 Å². The number of hydrogen-bond donors (Lipinski definition) is 1. The van der Waals surface area contributed by atoms with Crippen LogP contribution in [0.1, 0.15) is 43.8 Å². The third-order valence-corrected chi connectivity index (χ3v) is 5.46. The van der Waals surface area contributed by atoms with Crippen LogP contribution in [0.4, 0.5) is 0 Å². The summed E-state index contributed by atoms with van der Waals surface area (Å²) < 4.78 is 2.21. The van der Waals surface area contributed by atoms with Gasteiger partial charge in [0.05, 0.1) is 0 Å². The first-order chi connectivity index (χ1) is 8.84. The minimum atomic E-state index is 0.550. The highest BCUT2D eigenvalue weighted by molar-refractivity contribution is 7.99. The van der Waals surface area contributed by atoms with Crippen LogP contribution in [0.25, 0.3) is 0 Å². The number of piperidine rings is 1. The number of nitrogens with zero attached hydrogens (tertiary/aromatic N) is 3. The Hall–Kier alpha value is -0.550. The van der Waals surface area contributed by atoms with E-state index in [9.17, 15) is 0 Å². The second kappa shape index (κ2) is 5.61. The molecule has 1 aliphatic carbocycles. The minimum absolute atomic E-state index is 0.550. The summed E-state index contributed by atoms with van der Waals surface area (Å²) in [4.78, 5) is 0. The molecule has 3 rings (SSSR count). The van der Waals surface area contributed by atoms with Crippen LogP contribution in [0.5, 0.6) is 0 Å². The lowest BCUT2D eigenvalue weighted by Gasteiger charge is -2.24. The fourth-order valence-electron chi connectivity index (χ4n) is 2.73. The fraction of sp³-hybridized carbons (Fsp3) is 0.846. The van der Waals surface area contributed by atoms with Gasteiger partial charge in [-0.3, -0.25) is 0 Å². The largest absolute Gasteiger partial charge is 0.316 e. The van der Waals surface area contributed by atoms with Gasteiger partial charge < -0.3 is 9.88 Å². The van der Waals surface area contributed by atoms with E-state index in [2.05, 4.69) is 27.1 Å². The summed E-state index contributed by atoms with van der Waals surface area (Å²) in [6.45, 7) is 2.21. The van der Waals surface area contributed by atoms with Gasteiger partial charge in [0.1, 0.15) is 5.82 Å². The van der Waals surface area contributed by atoms with E-state index in [1.54, 1.807) is 0 Å². The molecule has 1 saturated carbocycles. The molecule has 2 fully saturated rings. The lowest BCUT2D eigenvalue weighted by molar-refractivity contribution is 0.353. The summed E-state index contributed by atoms with van der Waals surface area (Å²) in [6, 6.07) is 0. The van der Waals surface area contributed by atoms with Gasteiger partial charge in [0, 0.05) is 25.3 Å². The highest BCUT2D eigenvalue weighted by Gasteiger charge is 2.23. The highest BCUT2D eigenvalue weighted by atomic mass is 32.2. The predicted molar refractivity (Wildman–Crippen MR) is 73.9 cm³/mol. The molecule has 18 heavy (non-hydrogen) atoms. The van der Waals surface area contributed by atoms with E-state index in [0.717, 1.165) is 24.2 Å². The van der Waals surface area contributed by atoms with Crippen molar-refractivity contribution in [3.05, 3.63) is 5.82 Å². The topological polar surface area (TPSA) is 42.7 Å². The van der Waals surface area contributed by atoms with Crippen LogP contribution in [0.2, 0.25) is 0 Å². The van der Waals surface area contributed by atoms with Crippen molar-refractivity contribution in [1.82, 2.24) is 20.1 Å². The number of hydrogen-bond acceptors (Lipinski definition) is 4. The van der Waals surface area contributed by atoms with Crippen LogP contribution in [-0.2, 0) is 7.05 Å². The van der Waals surface area contributed by atoms with E-state index >= 15 is 0 Å². The molecule has 0 amide bonds. The van der Waals surface area contributed by atoms with Crippen molar-refractivity contribution in [3.63, 3.8) is 0 Å². The van der Waals surface area contributed by atoms with Crippen LogP contribution < -0.4 is 5.32 Å². The summed E-state index contributed by atoms with van der Waals surface area (Å²) in [7, 11) is 2.12. The standard InChI is InChI=1S/C13H22N4S/c1-17-12(11-6-3-7-14-8-11)15-16-13(17)18-9-10-4-2-5-10/h10-11,14H,2-9H2,1H3/t11-/m0/s1. The summed E-state index contributed by atoms with van der Waals surface area (Å²) in [6.07, 6.45) is 6.73. The zero-order valence-electron chi connectivity index (χ0n) is 11.1. The van der Waals surface area contributed by atoms with Crippen LogP contribution in [0.3, 0.4) is 0 Å². The quantitative estimate of drug-likeness (QED) is 0.848. The summed E-state index contributed by atoms with van der Waals surface area (Å²) in [5.41, 5.74) is 0. The van der Waals surface area contributed by atoms with Crippen molar-refractivity contribution in [2.24, 2.45) is 13.0 Å². The second-order valence-electron chi connectivity index (χ2n) is 5.55. The van der Waals surface area contributed by atoms with Gasteiger partial charge in [-0.2, -0.15) is 0 Å². The van der Waals surface area contributed by atoms with E-state index in [1.807, 2.05) is 11.8 Å². The summed E-state index contributed by atoms with van der Waals surface area (Å²) >= 11 is 1.88. The van der Waals surface area contributed by atoms with Gasteiger partial charge in [-0.25, -0.2) is 0 Å². The molecular formula is C13H22N4S. The molecule has 4 nitrogen and oxygen atoms in total. The molecule has 5 heteroatoms. The molecular weight excluding hydrogens is 244 g/mol. The Bertz CT molecular complexity index is 394. The Labute approximate surface area is 113 Å². The Morgan fingerprint density at radius 1 is 1.28 bits per heavy atom. The van der Waals surface area contributed by atoms with E-state index in [0.29, 0.717) is 5.92 Å². The maximum atomic E-state index is 4.41. The van der Waals surface area contributed by atoms with E-state index in [1.165, 1.54) is 43.7 Å². The predicted octanol–water partition coefficient (Wildman–Crippen LogP) is 2.17. The maximum Gasteiger partial charge on any atom is 0.190 e. The van der Waals surface area contributed by atoms with Gasteiger partial charge in [-0.1, -0.05) is 18.2 Å². The van der Waals surface area contributed by atoms with Crippen LogP contribution in [0, 0.1) is 5.92 Å². The Morgan fingerprint density at radius 2 is 2.17 bits per heavy atom. The first-order valence-corrected chi connectivity index (χ1v) is 8.06. The molecule has 0 bridgehead atoms. The minimum Gasteiger partial charge on any atom is -0.316 e. The van der Waals surface area contributed by atoms with Gasteiger partial charge >= 0.3 is 0 Å². The Balaban J connectivity index is 1.62. The van der Waals surface area contributed by atoms with Crippen molar-refractivity contribution in [3.8, 4) is 0 Å². The van der Waals surface area contributed by atoms with Gasteiger partial charge in [-0.05, 0) is 38.1 Å². The molecule has 0 radical (unpaired) electrons. The smallest absolute Gasteiger partial charge is 0.190 e. The molecule has 1 aromatic rings. The molecule has 0 aromatic carbocycles. The van der Waals surface area contributed by atoms with Crippen molar-refractivity contribution in [2.45, 2.75) is 43.2 Å². The van der Waals surface area contributed by atoms with Gasteiger partial charge in [0.15, 0.2) is 5.16 Å². The zero-order chi connectivity index (χ0) is 12.4. The lowest BCUT2D eigenvalue weighted by atomic mass is 9.87. The zero-order valence-corrected chi connectivity index (χ0v) is 11.9. The molecule has 1 saturated heterocycles. The molecule has 1 aromatic heterocycles. The van der Waals surface area contributed by atoms with Crippen molar-refractivity contribution < 1.29 is 0 Å². The average Bonchev–Trinajstić information content (AvgIpc) is 2.70. The van der Waals surface area contributed by atoms with Crippen molar-refractivity contribution in [2.75, 3.05) is 18.8 Å². The van der Waals surface area contributed by atoms with Crippen LogP contribution in [0.15, 0.2) is 5.16 Å². The van der Waals surface area contributed by atoms with Crippen LogP contribution >= 0.6 is 11.8 Å². The lowest BCUT2D eigenvalue weighted by Crippen LogP contribution is -2.29. The highest BCUT2D eigenvalue weighted by Crippen LogP contribution is 2.32. The molecule has 1 aliphatic heterocycles. The number of nitrogens with one attached hydrogen (secondary N) is 1. The molecule has 1 N–H and O–H groups in total. The monoisotopic (exact) mass is 266 g/mol. The first kappa shape index (κ1) is 12.5. The van der Waals surface area contributed by atoms with E-state index in [4.69, 9.17) is 0 Å². The third-order valence-electron chi connectivity index (χ3n) is 4.20. The van der Waals surface area contributed by atoms with Crippen molar-refractivity contribution in [1.29, 1.82) is 0 Å². The first-order valence-electron chi connectivity index (χ1n) is 7.07. The Morgan fingerprint density at radius 3 is 2.83 bits per heavy atom. The van der Waals surface area contributed by atoms with Gasteiger partial charge in [-0.15, -0.1) is 10.2 Å². The Kier molecular flexibility index (Phi) is 3.89. The molecule has 1 atom stereocenters. The van der Waals surface area contributed by atoms with Crippen LogP contribution in [-0.4, -0.2) is 33.6 Å². The molecule has 0 spiro atoms. The van der Waals surface area contributed by atoms with Crippen molar-refractivity contribution >= 4 is 11.8 Å². The SMILES string of the molecule is Cn1c(SCC2CCC2)nnc1[C@H]1CCCNC1. The maximum absolute atomic E-state index is 4.41. The fourth-order valence-corrected chi connectivity index (χ4v) is 3.84. The molecule has 100 valence electrons.